The van der Waals surface area contributed by atoms with Crippen LogP contribution in [-0.2, 0) is 9.59 Å². The topological polar surface area (TPSA) is 76.0 Å². The Kier molecular flexibility index (Phi) is 4.38. The number of carbonyl (C=O) groups is 2. The molecule has 3 aromatic rings. The summed E-state index contributed by atoms with van der Waals surface area (Å²) in [4.78, 5) is 24.9. The highest BCUT2D eigenvalue weighted by Gasteiger charge is 2.34. The summed E-state index contributed by atoms with van der Waals surface area (Å²) in [5, 5.41) is 9.93. The molecule has 0 saturated carbocycles. The molecule has 2 amide bonds. The minimum Gasteiger partial charge on any atom is -0.324 e. The molecule has 1 aliphatic rings. The lowest BCUT2D eigenvalue weighted by Gasteiger charge is -2.24. The number of hydrogen-bond acceptors (Lipinski definition) is 3. The second kappa shape index (κ2) is 6.88. The number of carbonyl (C=O) groups excluding carboxylic acids is 2. The molecule has 6 nitrogen and oxygen atoms in total. The van der Waals surface area contributed by atoms with E-state index in [1.54, 1.807) is 19.1 Å². The lowest BCUT2D eigenvalue weighted by atomic mass is 10.1. The van der Waals surface area contributed by atoms with Crippen LogP contribution >= 0.6 is 0 Å². The van der Waals surface area contributed by atoms with Gasteiger partial charge in [0.05, 0.1) is 12.1 Å². The molecule has 2 aromatic carbocycles. The standard InChI is InChI=1S/C20H16F2N4O2/c1-11-18(12-2-4-13(21)5-3-12)25-26-16(10-17(27)24-19(11)26)20(28)23-15-8-6-14(22)7-9-15/h2-9,16H,10H2,1H3,(H,23,28)(H,24,27). The minimum absolute atomic E-state index is 0.0794. The molecule has 8 heteroatoms. The first kappa shape index (κ1) is 17.8. The van der Waals surface area contributed by atoms with Crippen molar-refractivity contribution in [2.75, 3.05) is 10.6 Å². The summed E-state index contributed by atoms with van der Waals surface area (Å²) >= 11 is 0. The van der Waals surface area contributed by atoms with Crippen molar-refractivity contribution >= 4 is 23.3 Å². The third-order valence-corrected chi connectivity index (χ3v) is 4.61. The summed E-state index contributed by atoms with van der Waals surface area (Å²) in [6.07, 6.45) is -0.0794. The highest BCUT2D eigenvalue weighted by Crippen LogP contribution is 2.34. The molecule has 1 atom stereocenters. The Bertz CT molecular complexity index is 1060. The molecule has 1 aromatic heterocycles. The van der Waals surface area contributed by atoms with E-state index in [4.69, 9.17) is 0 Å². The lowest BCUT2D eigenvalue weighted by Crippen LogP contribution is -2.35. The number of nitrogens with zero attached hydrogens (tertiary/aromatic N) is 2. The summed E-state index contributed by atoms with van der Waals surface area (Å²) in [6.45, 7) is 1.78. The summed E-state index contributed by atoms with van der Waals surface area (Å²) in [5.74, 6) is -1.09. The average Bonchev–Trinajstić information content (AvgIpc) is 3.00. The molecule has 0 fully saturated rings. The Hall–Kier alpha value is -3.55. The van der Waals surface area contributed by atoms with Crippen LogP contribution in [0.3, 0.4) is 0 Å². The molecule has 0 aliphatic carbocycles. The number of anilines is 2. The van der Waals surface area contributed by atoms with E-state index < -0.39 is 17.8 Å². The molecule has 1 aliphatic heterocycles. The van der Waals surface area contributed by atoms with E-state index in [9.17, 15) is 18.4 Å². The summed E-state index contributed by atoms with van der Waals surface area (Å²) in [6, 6.07) is 10.3. The van der Waals surface area contributed by atoms with E-state index in [-0.39, 0.29) is 18.1 Å². The molecule has 0 spiro atoms. The zero-order chi connectivity index (χ0) is 19.8. The maximum absolute atomic E-state index is 13.2. The average molecular weight is 382 g/mol. The maximum atomic E-state index is 13.2. The van der Waals surface area contributed by atoms with E-state index >= 15 is 0 Å². The van der Waals surface area contributed by atoms with Gasteiger partial charge in [-0.3, -0.25) is 9.59 Å². The third-order valence-electron chi connectivity index (χ3n) is 4.61. The lowest BCUT2D eigenvalue weighted by molar-refractivity contribution is -0.125. The smallest absolute Gasteiger partial charge is 0.249 e. The Labute approximate surface area is 159 Å². The molecule has 28 heavy (non-hydrogen) atoms. The van der Waals surface area contributed by atoms with Gasteiger partial charge in [0.25, 0.3) is 0 Å². The zero-order valence-electron chi connectivity index (χ0n) is 14.9. The molecule has 2 N–H and O–H groups in total. The molecule has 1 unspecified atom stereocenters. The number of fused-ring (bicyclic) bond motifs is 1. The van der Waals surface area contributed by atoms with Crippen molar-refractivity contribution in [3.05, 3.63) is 65.7 Å². The predicted molar refractivity (Wildman–Crippen MR) is 99.7 cm³/mol. The molecule has 2 heterocycles. The Morgan fingerprint density at radius 1 is 1.11 bits per heavy atom. The zero-order valence-corrected chi connectivity index (χ0v) is 14.9. The van der Waals surface area contributed by atoms with Crippen molar-refractivity contribution in [2.24, 2.45) is 0 Å². The number of rotatable bonds is 3. The van der Waals surface area contributed by atoms with Crippen LogP contribution in [0.1, 0.15) is 18.0 Å². The van der Waals surface area contributed by atoms with Gasteiger partial charge in [0.1, 0.15) is 23.5 Å². The number of benzene rings is 2. The number of halogens is 2. The van der Waals surface area contributed by atoms with E-state index in [0.29, 0.717) is 28.3 Å². The fourth-order valence-corrected chi connectivity index (χ4v) is 3.18. The SMILES string of the molecule is Cc1c(-c2ccc(F)cc2)nn2c1NC(=O)CC2C(=O)Nc1ccc(F)cc1. The molecule has 4 rings (SSSR count). The van der Waals surface area contributed by atoms with Gasteiger partial charge >= 0.3 is 0 Å². The van der Waals surface area contributed by atoms with Gasteiger partial charge in [-0.05, 0) is 55.5 Å². The summed E-state index contributed by atoms with van der Waals surface area (Å²) in [5.41, 5.74) is 2.32. The molecule has 0 saturated heterocycles. The maximum Gasteiger partial charge on any atom is 0.249 e. The Morgan fingerprint density at radius 2 is 1.71 bits per heavy atom. The Balaban J connectivity index is 1.69. The van der Waals surface area contributed by atoms with Crippen molar-refractivity contribution in [1.82, 2.24) is 9.78 Å². The highest BCUT2D eigenvalue weighted by molar-refractivity contribution is 6.02. The van der Waals surface area contributed by atoms with Crippen LogP contribution in [0.4, 0.5) is 20.3 Å². The van der Waals surface area contributed by atoms with Gasteiger partial charge in [0.15, 0.2) is 0 Å². The number of amides is 2. The van der Waals surface area contributed by atoms with Crippen molar-refractivity contribution in [3.8, 4) is 11.3 Å². The van der Waals surface area contributed by atoms with Gasteiger partial charge in [0, 0.05) is 16.8 Å². The second-order valence-electron chi connectivity index (χ2n) is 6.54. The molecule has 0 bridgehead atoms. The van der Waals surface area contributed by atoms with Crippen molar-refractivity contribution in [1.29, 1.82) is 0 Å². The van der Waals surface area contributed by atoms with Gasteiger partial charge in [0.2, 0.25) is 11.8 Å². The van der Waals surface area contributed by atoms with E-state index in [2.05, 4.69) is 15.7 Å². The van der Waals surface area contributed by atoms with Gasteiger partial charge < -0.3 is 10.6 Å². The van der Waals surface area contributed by atoms with Gasteiger partial charge in [-0.15, -0.1) is 0 Å². The van der Waals surface area contributed by atoms with E-state index in [1.807, 2.05) is 0 Å². The van der Waals surface area contributed by atoms with Crippen LogP contribution < -0.4 is 10.6 Å². The van der Waals surface area contributed by atoms with Gasteiger partial charge in [-0.1, -0.05) is 0 Å². The molecular weight excluding hydrogens is 366 g/mol. The van der Waals surface area contributed by atoms with Crippen molar-refractivity contribution < 1.29 is 18.4 Å². The van der Waals surface area contributed by atoms with Crippen LogP contribution in [0.15, 0.2) is 48.5 Å². The fraction of sp³-hybridized carbons (Fsp3) is 0.150. The number of aromatic nitrogens is 2. The highest BCUT2D eigenvalue weighted by atomic mass is 19.1. The second-order valence-corrected chi connectivity index (χ2v) is 6.54. The van der Waals surface area contributed by atoms with Crippen LogP contribution in [0, 0.1) is 18.6 Å². The first-order valence-electron chi connectivity index (χ1n) is 8.63. The summed E-state index contributed by atoms with van der Waals surface area (Å²) < 4.78 is 27.7. The third kappa shape index (κ3) is 3.24. The van der Waals surface area contributed by atoms with Crippen LogP contribution in [0.5, 0.6) is 0 Å². The quantitative estimate of drug-likeness (QED) is 0.726. The Morgan fingerprint density at radius 3 is 2.36 bits per heavy atom. The van der Waals surface area contributed by atoms with Crippen LogP contribution in [-0.4, -0.2) is 21.6 Å². The monoisotopic (exact) mass is 382 g/mol. The number of hydrogen-bond donors (Lipinski definition) is 2. The molecule has 0 radical (unpaired) electrons. The first-order valence-corrected chi connectivity index (χ1v) is 8.63. The summed E-state index contributed by atoms with van der Waals surface area (Å²) in [7, 11) is 0. The van der Waals surface area contributed by atoms with E-state index in [0.717, 1.165) is 0 Å². The molecular formula is C20H16F2N4O2. The number of nitrogens with one attached hydrogen (secondary N) is 2. The predicted octanol–water partition coefficient (Wildman–Crippen LogP) is 3.66. The largest absolute Gasteiger partial charge is 0.324 e. The fourth-order valence-electron chi connectivity index (χ4n) is 3.18. The molecule has 142 valence electrons. The van der Waals surface area contributed by atoms with Gasteiger partial charge in [-0.25, -0.2) is 13.5 Å². The normalized spacial score (nSPS) is 15.7. The van der Waals surface area contributed by atoms with Crippen LogP contribution in [0.25, 0.3) is 11.3 Å². The van der Waals surface area contributed by atoms with Gasteiger partial charge in [-0.2, -0.15) is 5.10 Å². The van der Waals surface area contributed by atoms with Crippen LogP contribution in [0.2, 0.25) is 0 Å². The van der Waals surface area contributed by atoms with Crippen molar-refractivity contribution in [3.63, 3.8) is 0 Å². The first-order chi connectivity index (χ1) is 13.4. The minimum atomic E-state index is -0.860. The van der Waals surface area contributed by atoms with E-state index in [1.165, 1.54) is 41.1 Å². The van der Waals surface area contributed by atoms with Crippen molar-refractivity contribution in [2.45, 2.75) is 19.4 Å².